The fourth-order valence-electron chi connectivity index (χ4n) is 0.622. The van der Waals surface area contributed by atoms with Gasteiger partial charge in [0.25, 0.3) is 0 Å². The number of carbonyl (C=O) groups is 4. The number of methoxy groups -OCH3 is 2. The summed E-state index contributed by atoms with van der Waals surface area (Å²) in [5.74, 6) is -2.95. The molecule has 118 valence electrons. The lowest BCUT2D eigenvalue weighted by Crippen LogP contribution is -2.06. The van der Waals surface area contributed by atoms with E-state index in [1.54, 1.807) is 0 Å². The van der Waals surface area contributed by atoms with Crippen molar-refractivity contribution in [2.75, 3.05) is 21.3 Å². The summed E-state index contributed by atoms with van der Waals surface area (Å²) >= 11 is 0. The smallest absolute Gasteiger partial charge is 0.306 e. The van der Waals surface area contributed by atoms with Gasteiger partial charge in [-0.1, -0.05) is 0 Å². The van der Waals surface area contributed by atoms with Crippen LogP contribution in [-0.2, 0) is 28.7 Å². The Balaban J connectivity index is -0.000000262. The van der Waals surface area contributed by atoms with Gasteiger partial charge >= 0.3 is 23.9 Å². The van der Waals surface area contributed by atoms with Crippen LogP contribution in [0.4, 0.5) is 0 Å². The van der Waals surface area contributed by atoms with E-state index < -0.39 is 23.9 Å². The minimum Gasteiger partial charge on any atom is -0.481 e. The molecule has 0 amide bonds. The number of ether oxygens (including phenoxy) is 2. The summed E-state index contributed by atoms with van der Waals surface area (Å²) in [6.07, 6.45) is -0.420. The number of aliphatic hydroxyl groups is 1. The van der Waals surface area contributed by atoms with Crippen molar-refractivity contribution in [3.63, 3.8) is 0 Å². The summed E-state index contributed by atoms with van der Waals surface area (Å²) in [6, 6.07) is 0. The first-order chi connectivity index (χ1) is 9.33. The van der Waals surface area contributed by atoms with Crippen molar-refractivity contribution in [1.82, 2.24) is 0 Å². The first-order valence-corrected chi connectivity index (χ1v) is 5.35. The zero-order chi connectivity index (χ0) is 16.6. The highest BCUT2D eigenvalue weighted by atomic mass is 16.5. The highest BCUT2D eigenvalue weighted by Gasteiger charge is 2.05. The van der Waals surface area contributed by atoms with Crippen LogP contribution in [0.15, 0.2) is 0 Å². The molecule has 0 bridgehead atoms. The molecule has 0 rings (SSSR count). The predicted molar refractivity (Wildman–Crippen MR) is 65.9 cm³/mol. The molecule has 0 heterocycles. The Morgan fingerprint density at radius 1 is 0.700 bits per heavy atom. The van der Waals surface area contributed by atoms with Gasteiger partial charge in [-0.25, -0.2) is 0 Å². The number of hydrogen-bond acceptors (Lipinski definition) is 7. The van der Waals surface area contributed by atoms with E-state index in [4.69, 9.17) is 15.3 Å². The largest absolute Gasteiger partial charge is 0.481 e. The summed E-state index contributed by atoms with van der Waals surface area (Å²) in [5.41, 5.74) is 0. The van der Waals surface area contributed by atoms with Crippen LogP contribution in [0, 0.1) is 0 Å². The van der Waals surface area contributed by atoms with E-state index in [1.165, 1.54) is 14.2 Å². The summed E-state index contributed by atoms with van der Waals surface area (Å²) in [7, 11) is 3.55. The number of rotatable bonds is 6. The Bertz CT molecular complexity index is 268. The van der Waals surface area contributed by atoms with E-state index in [1.807, 2.05) is 0 Å². The van der Waals surface area contributed by atoms with Gasteiger partial charge in [0, 0.05) is 7.11 Å². The van der Waals surface area contributed by atoms with E-state index in [2.05, 4.69) is 9.47 Å². The number of carboxylic acids is 2. The Morgan fingerprint density at radius 2 is 0.950 bits per heavy atom. The topological polar surface area (TPSA) is 147 Å². The lowest BCUT2D eigenvalue weighted by Gasteiger charge is -1.96. The molecule has 0 saturated heterocycles. The van der Waals surface area contributed by atoms with Crippen LogP contribution in [0.5, 0.6) is 0 Å². The van der Waals surface area contributed by atoms with Crippen molar-refractivity contribution < 1.29 is 44.0 Å². The van der Waals surface area contributed by atoms with E-state index >= 15 is 0 Å². The van der Waals surface area contributed by atoms with E-state index in [0.717, 1.165) is 7.11 Å². The molecule has 0 aromatic carbocycles. The van der Waals surface area contributed by atoms with Gasteiger partial charge in [0.15, 0.2) is 0 Å². The molecule has 0 atom stereocenters. The average Bonchev–Trinajstić information content (AvgIpc) is 2.44. The van der Waals surface area contributed by atoms with Gasteiger partial charge in [-0.2, -0.15) is 0 Å². The molecule has 9 heteroatoms. The number of aliphatic carboxylic acids is 2. The summed E-state index contributed by atoms with van der Waals surface area (Å²) in [6.45, 7) is 0. The third-order valence-electron chi connectivity index (χ3n) is 1.54. The zero-order valence-electron chi connectivity index (χ0n) is 11.6. The molecular formula is C11H20O9. The van der Waals surface area contributed by atoms with Crippen molar-refractivity contribution in [1.29, 1.82) is 0 Å². The fourth-order valence-corrected chi connectivity index (χ4v) is 0.622. The predicted octanol–water partition coefficient (Wildman–Crippen LogP) is -0.343. The van der Waals surface area contributed by atoms with Gasteiger partial charge in [0.1, 0.15) is 0 Å². The third kappa shape index (κ3) is 24.9. The molecule has 20 heavy (non-hydrogen) atoms. The minimum atomic E-state index is -1.08. The molecule has 3 N–H and O–H groups in total. The van der Waals surface area contributed by atoms with Crippen molar-refractivity contribution in [3.05, 3.63) is 0 Å². The second-order valence-corrected chi connectivity index (χ2v) is 2.94. The molecule has 0 aliphatic rings. The van der Waals surface area contributed by atoms with Gasteiger partial charge in [-0.15, -0.1) is 0 Å². The summed E-state index contributed by atoms with van der Waals surface area (Å²) in [4.78, 5) is 40.1. The molecular weight excluding hydrogens is 276 g/mol. The Labute approximate surface area is 116 Å². The highest BCUT2D eigenvalue weighted by molar-refractivity contribution is 5.77. The number of esters is 2. The Morgan fingerprint density at radius 3 is 1.10 bits per heavy atom. The lowest BCUT2D eigenvalue weighted by molar-refractivity contribution is -0.147. The maximum Gasteiger partial charge on any atom is 0.306 e. The summed E-state index contributed by atoms with van der Waals surface area (Å²) < 4.78 is 8.60. The van der Waals surface area contributed by atoms with Crippen LogP contribution >= 0.6 is 0 Å². The number of carbonyl (C=O) groups excluding carboxylic acids is 2. The molecule has 0 aromatic heterocycles. The first-order valence-electron chi connectivity index (χ1n) is 5.35. The molecule has 0 spiro atoms. The highest BCUT2D eigenvalue weighted by Crippen LogP contribution is 1.92. The first kappa shape index (κ1) is 23.0. The molecule has 0 fully saturated rings. The van der Waals surface area contributed by atoms with Gasteiger partial charge in [0.05, 0.1) is 39.9 Å². The standard InChI is InChI=1S/C6H10O4.C4H6O4.CH4O/c1-9-5(7)3-4-6(8)10-2;5-3(6)1-2-4(7)8;1-2/h3-4H2,1-2H3;1-2H2,(H,5,6)(H,7,8);2H,1H3. The normalized spacial score (nSPS) is 8.00. The summed E-state index contributed by atoms with van der Waals surface area (Å²) in [5, 5.41) is 22.8. The number of aliphatic hydroxyl groups excluding tert-OH is 1. The van der Waals surface area contributed by atoms with Crippen LogP contribution in [0.3, 0.4) is 0 Å². The van der Waals surface area contributed by atoms with E-state index in [9.17, 15) is 19.2 Å². The van der Waals surface area contributed by atoms with E-state index in [0.29, 0.717) is 0 Å². The SMILES string of the molecule is CO.COC(=O)CCC(=O)OC.O=C(O)CCC(=O)O. The molecule has 0 aliphatic carbocycles. The number of hydrogen-bond donors (Lipinski definition) is 3. The minimum absolute atomic E-state index is 0.0865. The van der Waals surface area contributed by atoms with Gasteiger partial charge in [0.2, 0.25) is 0 Å². The van der Waals surface area contributed by atoms with Crippen molar-refractivity contribution in [3.8, 4) is 0 Å². The van der Waals surface area contributed by atoms with Crippen molar-refractivity contribution >= 4 is 23.9 Å². The lowest BCUT2D eigenvalue weighted by atomic mass is 10.3. The van der Waals surface area contributed by atoms with Gasteiger partial charge in [-0.05, 0) is 0 Å². The zero-order valence-corrected chi connectivity index (χ0v) is 11.6. The molecule has 9 nitrogen and oxygen atoms in total. The third-order valence-corrected chi connectivity index (χ3v) is 1.54. The Kier molecular flexibility index (Phi) is 19.3. The van der Waals surface area contributed by atoms with Gasteiger partial charge < -0.3 is 24.8 Å². The quantitative estimate of drug-likeness (QED) is 0.559. The Hall–Kier alpha value is -2.16. The average molecular weight is 296 g/mol. The van der Waals surface area contributed by atoms with Crippen LogP contribution in [0.1, 0.15) is 25.7 Å². The van der Waals surface area contributed by atoms with Crippen molar-refractivity contribution in [2.45, 2.75) is 25.7 Å². The molecule has 0 unspecified atom stereocenters. The van der Waals surface area contributed by atoms with Crippen LogP contribution < -0.4 is 0 Å². The number of carboxylic acid groups (broad SMARTS) is 2. The fraction of sp³-hybridized carbons (Fsp3) is 0.636. The maximum absolute atomic E-state index is 10.4. The second kappa shape index (κ2) is 16.8. The van der Waals surface area contributed by atoms with Gasteiger partial charge in [-0.3, -0.25) is 19.2 Å². The van der Waals surface area contributed by atoms with Crippen LogP contribution in [0.2, 0.25) is 0 Å². The maximum atomic E-state index is 10.4. The molecule has 0 saturated carbocycles. The monoisotopic (exact) mass is 296 g/mol. The molecule has 0 aromatic rings. The van der Waals surface area contributed by atoms with Crippen LogP contribution in [-0.4, -0.2) is 60.5 Å². The van der Waals surface area contributed by atoms with E-state index in [-0.39, 0.29) is 25.7 Å². The molecule has 0 radical (unpaired) electrons. The molecule has 0 aliphatic heterocycles. The van der Waals surface area contributed by atoms with Crippen LogP contribution in [0.25, 0.3) is 0 Å². The van der Waals surface area contributed by atoms with Crippen molar-refractivity contribution in [2.24, 2.45) is 0 Å². The second-order valence-electron chi connectivity index (χ2n) is 2.94.